The fraction of sp³-hybridized carbons (Fsp3) is 0.0476. The van der Waals surface area contributed by atoms with Gasteiger partial charge in [-0.05, 0) is 48.5 Å². The van der Waals surface area contributed by atoms with Gasteiger partial charge in [0, 0.05) is 22.0 Å². The number of rotatable bonds is 5. The number of carbonyl (C=O) groups is 2. The fourth-order valence-electron chi connectivity index (χ4n) is 2.86. The summed E-state index contributed by atoms with van der Waals surface area (Å²) in [4.78, 5) is 23.2. The molecule has 0 saturated carbocycles. The van der Waals surface area contributed by atoms with E-state index in [-0.39, 0.29) is 12.5 Å². The average Bonchev–Trinajstić information content (AvgIpc) is 3.05. The number of carbonyl (C=O) groups excluding carboxylic acids is 2. The highest BCUT2D eigenvalue weighted by Gasteiger charge is 2.10. The lowest BCUT2D eigenvalue weighted by Crippen LogP contribution is -2.20. The van der Waals surface area contributed by atoms with E-state index in [0.29, 0.717) is 17.0 Å². The molecule has 0 radical (unpaired) electrons. The van der Waals surface area contributed by atoms with Crippen molar-refractivity contribution in [2.75, 3.05) is 11.9 Å². The number of hydrogen-bond donors (Lipinski definition) is 2. The highest BCUT2D eigenvalue weighted by atomic mass is 16.5. The normalized spacial score (nSPS) is 10.8. The molecule has 27 heavy (non-hydrogen) atoms. The number of benzene rings is 3. The predicted molar refractivity (Wildman–Crippen MR) is 103 cm³/mol. The molecule has 1 heterocycles. The van der Waals surface area contributed by atoms with Gasteiger partial charge in [0.2, 0.25) is 0 Å². The zero-order valence-electron chi connectivity index (χ0n) is 14.3. The zero-order chi connectivity index (χ0) is 18.8. The molecule has 0 fully saturated rings. The molecule has 0 aliphatic heterocycles. The molecule has 6 nitrogen and oxygen atoms in total. The van der Waals surface area contributed by atoms with E-state index in [2.05, 4.69) is 5.32 Å². The van der Waals surface area contributed by atoms with E-state index in [1.165, 1.54) is 0 Å². The van der Waals surface area contributed by atoms with Crippen molar-refractivity contribution in [1.29, 1.82) is 0 Å². The second-order valence-electron chi connectivity index (χ2n) is 6.04. The third kappa shape index (κ3) is 3.46. The third-order valence-corrected chi connectivity index (χ3v) is 4.13. The van der Waals surface area contributed by atoms with E-state index in [4.69, 9.17) is 14.9 Å². The summed E-state index contributed by atoms with van der Waals surface area (Å²) in [5.41, 5.74) is 7.76. The molecule has 2 amide bonds. The van der Waals surface area contributed by atoms with Crippen molar-refractivity contribution >= 4 is 39.4 Å². The number of para-hydroxylation sites is 1. The number of hydrogen-bond acceptors (Lipinski definition) is 4. The minimum absolute atomic E-state index is 0.204. The van der Waals surface area contributed by atoms with Crippen molar-refractivity contribution in [2.24, 2.45) is 5.73 Å². The number of primary amides is 1. The second kappa shape index (κ2) is 6.84. The summed E-state index contributed by atoms with van der Waals surface area (Å²) in [5.74, 6) is -0.334. The van der Waals surface area contributed by atoms with Crippen LogP contribution in [0.4, 0.5) is 5.69 Å². The van der Waals surface area contributed by atoms with Gasteiger partial charge < -0.3 is 20.2 Å². The SMILES string of the molecule is NC(=O)COc1ccc(C(=O)Nc2ccc3oc4ccccc4c3c2)cc1. The lowest BCUT2D eigenvalue weighted by Gasteiger charge is -2.07. The van der Waals surface area contributed by atoms with Gasteiger partial charge in [0.15, 0.2) is 6.61 Å². The van der Waals surface area contributed by atoms with Crippen LogP contribution in [0, 0.1) is 0 Å². The Morgan fingerprint density at radius 1 is 0.926 bits per heavy atom. The lowest BCUT2D eigenvalue weighted by molar-refractivity contribution is -0.119. The number of amides is 2. The van der Waals surface area contributed by atoms with Crippen molar-refractivity contribution in [2.45, 2.75) is 0 Å². The molecule has 134 valence electrons. The minimum atomic E-state index is -0.556. The van der Waals surface area contributed by atoms with Crippen molar-refractivity contribution < 1.29 is 18.7 Å². The minimum Gasteiger partial charge on any atom is -0.484 e. The van der Waals surface area contributed by atoms with Gasteiger partial charge in [-0.15, -0.1) is 0 Å². The molecule has 1 aromatic heterocycles. The van der Waals surface area contributed by atoms with E-state index in [9.17, 15) is 9.59 Å². The van der Waals surface area contributed by atoms with E-state index in [1.54, 1.807) is 30.3 Å². The van der Waals surface area contributed by atoms with Gasteiger partial charge in [-0.1, -0.05) is 18.2 Å². The molecule has 3 N–H and O–H groups in total. The summed E-state index contributed by atoms with van der Waals surface area (Å²) in [7, 11) is 0. The molecular formula is C21H16N2O4. The summed E-state index contributed by atoms with van der Waals surface area (Å²) in [6.45, 7) is -0.204. The van der Waals surface area contributed by atoms with Crippen molar-refractivity contribution in [3.05, 3.63) is 72.3 Å². The Kier molecular flexibility index (Phi) is 4.22. The first-order valence-electron chi connectivity index (χ1n) is 8.34. The van der Waals surface area contributed by atoms with Crippen LogP contribution in [0.25, 0.3) is 21.9 Å². The van der Waals surface area contributed by atoms with Gasteiger partial charge in [0.25, 0.3) is 11.8 Å². The van der Waals surface area contributed by atoms with Crippen LogP contribution in [0.2, 0.25) is 0 Å². The Hall–Kier alpha value is -3.80. The highest BCUT2D eigenvalue weighted by Crippen LogP contribution is 2.30. The molecule has 4 rings (SSSR count). The standard InChI is InChI=1S/C21H16N2O4/c22-20(24)12-26-15-8-5-13(6-9-15)21(25)23-14-7-10-19-17(11-14)16-3-1-2-4-18(16)27-19/h1-11H,12H2,(H2,22,24)(H,23,25). The van der Waals surface area contributed by atoms with Crippen LogP contribution in [-0.2, 0) is 4.79 Å². The average molecular weight is 360 g/mol. The largest absolute Gasteiger partial charge is 0.484 e. The van der Waals surface area contributed by atoms with Crippen LogP contribution in [-0.4, -0.2) is 18.4 Å². The van der Waals surface area contributed by atoms with Crippen LogP contribution < -0.4 is 15.8 Å². The molecular weight excluding hydrogens is 344 g/mol. The van der Waals surface area contributed by atoms with Crippen LogP contribution in [0.3, 0.4) is 0 Å². The quantitative estimate of drug-likeness (QED) is 0.567. The van der Waals surface area contributed by atoms with E-state index < -0.39 is 5.91 Å². The Labute approximate surface area is 154 Å². The summed E-state index contributed by atoms with van der Waals surface area (Å²) in [6.07, 6.45) is 0. The van der Waals surface area contributed by atoms with Crippen LogP contribution in [0.1, 0.15) is 10.4 Å². The first kappa shape index (κ1) is 16.7. The van der Waals surface area contributed by atoms with Crippen LogP contribution in [0.15, 0.2) is 71.1 Å². The maximum absolute atomic E-state index is 12.5. The summed E-state index contributed by atoms with van der Waals surface area (Å²) in [6, 6.07) is 19.8. The number of nitrogens with two attached hydrogens (primary N) is 1. The molecule has 3 aromatic carbocycles. The second-order valence-corrected chi connectivity index (χ2v) is 6.04. The molecule has 0 atom stereocenters. The van der Waals surface area contributed by atoms with E-state index in [0.717, 1.165) is 21.9 Å². The molecule has 0 aliphatic rings. The van der Waals surface area contributed by atoms with Gasteiger partial charge >= 0.3 is 0 Å². The first-order chi connectivity index (χ1) is 13.1. The maximum atomic E-state index is 12.5. The van der Waals surface area contributed by atoms with Gasteiger partial charge in [-0.25, -0.2) is 0 Å². The Morgan fingerprint density at radius 2 is 1.67 bits per heavy atom. The zero-order valence-corrected chi connectivity index (χ0v) is 14.3. The number of anilines is 1. The highest BCUT2D eigenvalue weighted by molar-refractivity contribution is 6.09. The number of fused-ring (bicyclic) bond motifs is 3. The van der Waals surface area contributed by atoms with Crippen molar-refractivity contribution in [3.63, 3.8) is 0 Å². The van der Waals surface area contributed by atoms with Crippen LogP contribution in [0.5, 0.6) is 5.75 Å². The number of furan rings is 1. The monoisotopic (exact) mass is 360 g/mol. The smallest absolute Gasteiger partial charge is 0.255 e. The molecule has 0 aliphatic carbocycles. The van der Waals surface area contributed by atoms with E-state index in [1.807, 2.05) is 36.4 Å². The Bertz CT molecular complexity index is 1150. The molecule has 0 spiro atoms. The van der Waals surface area contributed by atoms with Crippen molar-refractivity contribution in [1.82, 2.24) is 0 Å². The topological polar surface area (TPSA) is 94.6 Å². The van der Waals surface area contributed by atoms with Gasteiger partial charge in [-0.3, -0.25) is 9.59 Å². The Morgan fingerprint density at radius 3 is 2.44 bits per heavy atom. The first-order valence-corrected chi connectivity index (χ1v) is 8.34. The van der Waals surface area contributed by atoms with Gasteiger partial charge in [0.05, 0.1) is 0 Å². The van der Waals surface area contributed by atoms with Crippen molar-refractivity contribution in [3.8, 4) is 5.75 Å². The molecule has 6 heteroatoms. The predicted octanol–water partition coefficient (Wildman–Crippen LogP) is 3.70. The van der Waals surface area contributed by atoms with Gasteiger partial charge in [0.1, 0.15) is 16.9 Å². The third-order valence-electron chi connectivity index (χ3n) is 4.13. The summed E-state index contributed by atoms with van der Waals surface area (Å²) < 4.78 is 11.0. The lowest BCUT2D eigenvalue weighted by atomic mass is 10.1. The molecule has 0 unspecified atom stereocenters. The summed E-state index contributed by atoms with van der Waals surface area (Å²) in [5, 5.41) is 4.82. The van der Waals surface area contributed by atoms with Crippen LogP contribution >= 0.6 is 0 Å². The summed E-state index contributed by atoms with van der Waals surface area (Å²) >= 11 is 0. The van der Waals surface area contributed by atoms with E-state index >= 15 is 0 Å². The molecule has 4 aromatic rings. The molecule has 0 saturated heterocycles. The number of nitrogens with one attached hydrogen (secondary N) is 1. The fourth-order valence-corrected chi connectivity index (χ4v) is 2.86. The van der Waals surface area contributed by atoms with Gasteiger partial charge in [-0.2, -0.15) is 0 Å². The Balaban J connectivity index is 1.53. The molecule has 0 bridgehead atoms. The maximum Gasteiger partial charge on any atom is 0.255 e. The number of ether oxygens (including phenoxy) is 1.